The van der Waals surface area contributed by atoms with Gasteiger partial charge in [0, 0.05) is 25.6 Å². The first-order valence-electron chi connectivity index (χ1n) is 10.4. The Hall–Kier alpha value is -2.05. The lowest BCUT2D eigenvalue weighted by molar-refractivity contribution is 0.0906. The van der Waals surface area contributed by atoms with Crippen molar-refractivity contribution in [3.63, 3.8) is 0 Å². The van der Waals surface area contributed by atoms with Crippen LogP contribution in [0.25, 0.3) is 11.1 Å². The number of sulfonamides is 2. The molecule has 8 nitrogen and oxygen atoms in total. The summed E-state index contributed by atoms with van der Waals surface area (Å²) < 4.78 is 72.9. The zero-order valence-corrected chi connectivity index (χ0v) is 20.6. The molecule has 1 aliphatic heterocycles. The Morgan fingerprint density at radius 2 is 1.82 bits per heavy atom. The maximum Gasteiger partial charge on any atom is 0.247 e. The molecule has 1 heterocycles. The van der Waals surface area contributed by atoms with E-state index in [4.69, 9.17) is 4.74 Å². The smallest absolute Gasteiger partial charge is 0.247 e. The zero-order valence-electron chi connectivity index (χ0n) is 19.0. The summed E-state index contributed by atoms with van der Waals surface area (Å²) in [5.41, 5.74) is 1.29. The summed E-state index contributed by atoms with van der Waals surface area (Å²) >= 11 is 0. The van der Waals surface area contributed by atoms with Crippen molar-refractivity contribution in [3.8, 4) is 16.9 Å². The van der Waals surface area contributed by atoms with Crippen molar-refractivity contribution in [2.45, 2.75) is 30.9 Å². The Labute approximate surface area is 194 Å². The number of ether oxygens (including phenoxy) is 1. The maximum absolute atomic E-state index is 13.5. The van der Waals surface area contributed by atoms with Crippen molar-refractivity contribution >= 4 is 20.0 Å². The fourth-order valence-corrected chi connectivity index (χ4v) is 5.90. The molecule has 0 aliphatic carbocycles. The van der Waals surface area contributed by atoms with E-state index in [1.54, 1.807) is 38.1 Å². The van der Waals surface area contributed by atoms with Crippen molar-refractivity contribution in [2.24, 2.45) is 5.92 Å². The van der Waals surface area contributed by atoms with Crippen LogP contribution in [0, 0.1) is 11.7 Å². The largest absolute Gasteiger partial charge is 0.487 e. The highest BCUT2D eigenvalue weighted by molar-refractivity contribution is 7.89. The van der Waals surface area contributed by atoms with Crippen LogP contribution >= 0.6 is 0 Å². The fraction of sp³-hybridized carbons (Fsp3) is 0.455. The number of benzene rings is 2. The molecule has 0 amide bonds. The van der Waals surface area contributed by atoms with E-state index in [-0.39, 0.29) is 36.3 Å². The molecule has 0 fully saturated rings. The van der Waals surface area contributed by atoms with E-state index in [1.165, 1.54) is 29.6 Å². The van der Waals surface area contributed by atoms with Crippen molar-refractivity contribution in [2.75, 3.05) is 33.0 Å². The molecule has 182 valence electrons. The predicted octanol–water partition coefficient (Wildman–Crippen LogP) is 2.15. The van der Waals surface area contributed by atoms with Gasteiger partial charge in [-0.05, 0) is 42.3 Å². The summed E-state index contributed by atoms with van der Waals surface area (Å²) in [7, 11) is -6.07. The number of hydrogen-bond donors (Lipinski definition) is 1. The number of nitrogens with zero attached hydrogens (tertiary/aromatic N) is 2. The second-order valence-electron chi connectivity index (χ2n) is 8.45. The second kappa shape index (κ2) is 9.67. The van der Waals surface area contributed by atoms with Gasteiger partial charge in [0.1, 0.15) is 22.6 Å². The summed E-state index contributed by atoms with van der Waals surface area (Å²) in [6.45, 7) is 3.08. The molecule has 0 radical (unpaired) electrons. The minimum Gasteiger partial charge on any atom is -0.487 e. The summed E-state index contributed by atoms with van der Waals surface area (Å²) in [4.78, 5) is -0.0763. The van der Waals surface area contributed by atoms with Gasteiger partial charge in [-0.3, -0.25) is 0 Å². The van der Waals surface area contributed by atoms with Crippen LogP contribution in [0.1, 0.15) is 13.8 Å². The molecule has 0 unspecified atom stereocenters. The molecular formula is C22H29FN2O6S2. The molecule has 1 N–H and O–H groups in total. The molecule has 1 aliphatic rings. The average Bonchev–Trinajstić information content (AvgIpc) is 2.75. The van der Waals surface area contributed by atoms with Gasteiger partial charge in [0.25, 0.3) is 0 Å². The van der Waals surface area contributed by atoms with Crippen molar-refractivity contribution < 1.29 is 31.1 Å². The minimum absolute atomic E-state index is 0.0155. The maximum atomic E-state index is 13.5. The lowest BCUT2D eigenvalue weighted by Gasteiger charge is -2.37. The lowest BCUT2D eigenvalue weighted by atomic mass is 10.0. The van der Waals surface area contributed by atoms with Gasteiger partial charge in [-0.15, -0.1) is 0 Å². The first kappa shape index (κ1) is 25.6. The standard InChI is InChI=1S/C22H29FN2O6S2/c1-15-12-25(16(2)14-26)33(29,30)22-10-7-18(17-5-8-19(23)9-6-17)11-20(22)31-21(15)13-24(3)32(4,27)28/h5-11,15-16,21,26H,12-14H2,1-4H3/t15-,16+,21-/m1/s1. The van der Waals surface area contributed by atoms with Crippen molar-refractivity contribution in [1.29, 1.82) is 0 Å². The Bertz CT molecular complexity index is 1200. The number of fused-ring (bicyclic) bond motifs is 1. The first-order chi connectivity index (χ1) is 15.3. The van der Waals surface area contributed by atoms with Gasteiger partial charge in [-0.2, -0.15) is 4.31 Å². The molecule has 0 spiro atoms. The van der Waals surface area contributed by atoms with E-state index < -0.39 is 38.0 Å². The predicted molar refractivity (Wildman–Crippen MR) is 123 cm³/mol. The van der Waals surface area contributed by atoms with Crippen molar-refractivity contribution in [3.05, 3.63) is 48.3 Å². The molecule has 33 heavy (non-hydrogen) atoms. The van der Waals surface area contributed by atoms with E-state index in [9.17, 15) is 26.3 Å². The Morgan fingerprint density at radius 1 is 1.21 bits per heavy atom. The number of hydrogen-bond acceptors (Lipinski definition) is 6. The highest BCUT2D eigenvalue weighted by Gasteiger charge is 2.38. The third-order valence-electron chi connectivity index (χ3n) is 5.85. The van der Waals surface area contributed by atoms with Crippen LogP contribution in [-0.2, 0) is 20.0 Å². The summed E-state index contributed by atoms with van der Waals surface area (Å²) in [6, 6.07) is 9.67. The van der Waals surface area contributed by atoms with Gasteiger partial charge < -0.3 is 9.84 Å². The number of likely N-dealkylation sites (N-methyl/N-ethyl adjacent to an activating group) is 1. The Kier molecular flexibility index (Phi) is 7.49. The van der Waals surface area contributed by atoms with Gasteiger partial charge in [0.2, 0.25) is 20.0 Å². The fourth-order valence-electron chi connectivity index (χ4n) is 3.65. The number of aliphatic hydroxyl groups excluding tert-OH is 1. The van der Waals surface area contributed by atoms with E-state index in [2.05, 4.69) is 0 Å². The molecule has 11 heteroatoms. The summed E-state index contributed by atoms with van der Waals surface area (Å²) in [5, 5.41) is 9.69. The average molecular weight is 501 g/mol. The number of aliphatic hydroxyl groups is 1. The molecule has 3 rings (SSSR count). The second-order valence-corrected chi connectivity index (χ2v) is 12.4. The van der Waals surface area contributed by atoms with Crippen LogP contribution in [0.2, 0.25) is 0 Å². The quantitative estimate of drug-likeness (QED) is 0.652. The molecule has 0 saturated heterocycles. The van der Waals surface area contributed by atoms with Gasteiger partial charge >= 0.3 is 0 Å². The molecule has 3 atom stereocenters. The third kappa shape index (κ3) is 5.55. The van der Waals surface area contributed by atoms with Crippen LogP contribution in [0.4, 0.5) is 4.39 Å². The summed E-state index contributed by atoms with van der Waals surface area (Å²) in [6.07, 6.45) is 0.432. The van der Waals surface area contributed by atoms with E-state index in [0.717, 1.165) is 10.6 Å². The molecule has 2 aromatic rings. The number of rotatable bonds is 6. The lowest BCUT2D eigenvalue weighted by Crippen LogP contribution is -2.50. The van der Waals surface area contributed by atoms with Crippen LogP contribution in [0.15, 0.2) is 47.4 Å². The van der Waals surface area contributed by atoms with Gasteiger partial charge in [0.15, 0.2) is 0 Å². The highest BCUT2D eigenvalue weighted by atomic mass is 32.2. The normalized spacial score (nSPS) is 22.2. The molecule has 0 saturated carbocycles. The van der Waals surface area contributed by atoms with E-state index >= 15 is 0 Å². The first-order valence-corrected chi connectivity index (χ1v) is 13.7. The van der Waals surface area contributed by atoms with Gasteiger partial charge in [-0.1, -0.05) is 25.1 Å². The van der Waals surface area contributed by atoms with Gasteiger partial charge in [0.05, 0.1) is 19.4 Å². The zero-order chi connectivity index (χ0) is 24.6. The van der Waals surface area contributed by atoms with E-state index in [1.807, 2.05) is 0 Å². The summed E-state index contributed by atoms with van der Waals surface area (Å²) in [5.74, 6) is -0.707. The van der Waals surface area contributed by atoms with Crippen LogP contribution in [0.5, 0.6) is 5.75 Å². The molecule has 2 aromatic carbocycles. The topological polar surface area (TPSA) is 104 Å². The van der Waals surface area contributed by atoms with Crippen LogP contribution in [-0.4, -0.2) is 75.7 Å². The Balaban J connectivity index is 2.14. The van der Waals surface area contributed by atoms with Gasteiger partial charge in [-0.25, -0.2) is 25.5 Å². The molecular weight excluding hydrogens is 471 g/mol. The van der Waals surface area contributed by atoms with Crippen LogP contribution < -0.4 is 4.74 Å². The number of halogens is 1. The third-order valence-corrected chi connectivity index (χ3v) is 9.15. The SMILES string of the molecule is C[C@@H]1CN([C@@H](C)CO)S(=O)(=O)c2ccc(-c3ccc(F)cc3)cc2O[C@@H]1CN(C)S(C)(=O)=O. The Morgan fingerprint density at radius 3 is 2.39 bits per heavy atom. The highest BCUT2D eigenvalue weighted by Crippen LogP contribution is 2.36. The molecule has 0 bridgehead atoms. The van der Waals surface area contributed by atoms with E-state index in [0.29, 0.717) is 11.1 Å². The molecule has 0 aromatic heterocycles. The van der Waals surface area contributed by atoms with Crippen molar-refractivity contribution in [1.82, 2.24) is 8.61 Å². The monoisotopic (exact) mass is 500 g/mol. The van der Waals surface area contributed by atoms with Crippen LogP contribution in [0.3, 0.4) is 0 Å². The minimum atomic E-state index is -4.02.